The van der Waals surface area contributed by atoms with Gasteiger partial charge in [0.15, 0.2) is 0 Å². The van der Waals surface area contributed by atoms with Crippen molar-refractivity contribution in [2.24, 2.45) is 5.41 Å². The molecule has 0 atom stereocenters. The first kappa shape index (κ1) is 22.5. The Morgan fingerprint density at radius 3 is 2.69 bits per heavy atom. The maximum Gasteiger partial charge on any atom is 0.343 e. The van der Waals surface area contributed by atoms with E-state index in [0.29, 0.717) is 49.4 Å². The molecule has 0 aromatic carbocycles. The highest BCUT2D eigenvalue weighted by molar-refractivity contribution is 5.97. The van der Waals surface area contributed by atoms with Crippen LogP contribution in [0.3, 0.4) is 0 Å². The number of ether oxygens (including phenoxy) is 2. The van der Waals surface area contributed by atoms with Crippen molar-refractivity contribution in [3.8, 4) is 0 Å². The zero-order valence-corrected chi connectivity index (χ0v) is 19.2. The van der Waals surface area contributed by atoms with Crippen LogP contribution in [0.25, 0.3) is 0 Å². The van der Waals surface area contributed by atoms with E-state index in [0.717, 1.165) is 49.4 Å². The molecular weight excluding hydrogens is 412 g/mol. The van der Waals surface area contributed by atoms with Crippen LogP contribution < -0.4 is 5.32 Å². The van der Waals surface area contributed by atoms with Gasteiger partial charge >= 0.3 is 5.97 Å². The minimum Gasteiger partial charge on any atom is -0.462 e. The predicted molar refractivity (Wildman–Crippen MR) is 116 cm³/mol. The van der Waals surface area contributed by atoms with Crippen LogP contribution in [0.4, 0.5) is 0 Å². The SMILES string of the molecule is CCc1noc(C)c1C(=O)OCCCn1nc(CC)c2c1CC1(CCOCC1)CNC2=O. The number of nitrogens with one attached hydrogen (secondary N) is 1. The van der Waals surface area contributed by atoms with Crippen molar-refractivity contribution in [3.63, 3.8) is 0 Å². The van der Waals surface area contributed by atoms with Gasteiger partial charge in [0.05, 0.1) is 29.3 Å². The minimum absolute atomic E-state index is 0.0107. The number of carbonyl (C=O) groups is 2. The third-order valence-electron chi connectivity index (χ3n) is 6.63. The summed E-state index contributed by atoms with van der Waals surface area (Å²) < 4.78 is 18.1. The number of hydrogen-bond acceptors (Lipinski definition) is 7. The Hall–Kier alpha value is -2.68. The summed E-state index contributed by atoms with van der Waals surface area (Å²) in [5, 5.41) is 11.8. The molecule has 0 unspecified atom stereocenters. The fraction of sp³-hybridized carbons (Fsp3) is 0.652. The van der Waals surface area contributed by atoms with E-state index in [1.165, 1.54) is 0 Å². The van der Waals surface area contributed by atoms with E-state index in [1.807, 2.05) is 18.5 Å². The van der Waals surface area contributed by atoms with Gasteiger partial charge in [0.2, 0.25) is 0 Å². The van der Waals surface area contributed by atoms with Crippen LogP contribution in [0.2, 0.25) is 0 Å². The average molecular weight is 445 g/mol. The zero-order chi connectivity index (χ0) is 22.7. The van der Waals surface area contributed by atoms with Gasteiger partial charge in [0.1, 0.15) is 11.3 Å². The standard InChI is InChI=1S/C23H32N4O5/c1-4-16-20-18(13-23(14-24-21(20)28)7-11-30-12-8-23)27(25-16)9-6-10-31-22(29)19-15(3)32-26-17(19)5-2/h4-14H2,1-3H3,(H,24,28). The summed E-state index contributed by atoms with van der Waals surface area (Å²) in [7, 11) is 0. The fourth-order valence-corrected chi connectivity index (χ4v) is 4.73. The predicted octanol–water partition coefficient (Wildman–Crippen LogP) is 2.63. The maximum atomic E-state index is 12.9. The molecule has 1 amide bonds. The molecule has 4 rings (SSSR count). The molecule has 2 aromatic heterocycles. The van der Waals surface area contributed by atoms with Crippen LogP contribution in [0.15, 0.2) is 4.52 Å². The van der Waals surface area contributed by atoms with Gasteiger partial charge in [-0.2, -0.15) is 5.10 Å². The lowest BCUT2D eigenvalue weighted by atomic mass is 9.76. The van der Waals surface area contributed by atoms with Gasteiger partial charge in [-0.15, -0.1) is 0 Å². The highest BCUT2D eigenvalue weighted by atomic mass is 16.5. The number of fused-ring (bicyclic) bond motifs is 1. The summed E-state index contributed by atoms with van der Waals surface area (Å²) in [5.74, 6) is 0.0344. The Morgan fingerprint density at radius 1 is 1.22 bits per heavy atom. The van der Waals surface area contributed by atoms with Gasteiger partial charge in [-0.1, -0.05) is 19.0 Å². The largest absolute Gasteiger partial charge is 0.462 e. The molecule has 2 aromatic rings. The van der Waals surface area contributed by atoms with Gasteiger partial charge in [0.25, 0.3) is 5.91 Å². The molecule has 2 aliphatic heterocycles. The van der Waals surface area contributed by atoms with Crippen molar-refractivity contribution >= 4 is 11.9 Å². The van der Waals surface area contributed by atoms with Crippen molar-refractivity contribution in [1.29, 1.82) is 0 Å². The van der Waals surface area contributed by atoms with E-state index in [1.54, 1.807) is 6.92 Å². The number of aryl methyl sites for hydroxylation is 4. The van der Waals surface area contributed by atoms with Crippen molar-refractivity contribution < 1.29 is 23.6 Å². The van der Waals surface area contributed by atoms with Crippen molar-refractivity contribution in [2.75, 3.05) is 26.4 Å². The monoisotopic (exact) mass is 444 g/mol. The number of nitrogens with zero attached hydrogens (tertiary/aromatic N) is 3. The molecule has 0 aliphatic carbocycles. The molecule has 174 valence electrons. The number of esters is 1. The maximum absolute atomic E-state index is 12.9. The summed E-state index contributed by atoms with van der Waals surface area (Å²) in [6, 6.07) is 0. The van der Waals surface area contributed by atoms with Crippen LogP contribution in [-0.2, 0) is 35.3 Å². The topological polar surface area (TPSA) is 108 Å². The number of aromatic nitrogens is 3. The van der Waals surface area contributed by atoms with E-state index < -0.39 is 5.97 Å². The molecule has 32 heavy (non-hydrogen) atoms. The second-order valence-corrected chi connectivity index (χ2v) is 8.72. The third-order valence-corrected chi connectivity index (χ3v) is 6.63. The molecule has 1 spiro atoms. The third kappa shape index (κ3) is 4.30. The molecular formula is C23H32N4O5. The van der Waals surface area contributed by atoms with Crippen LogP contribution in [0, 0.1) is 12.3 Å². The number of hydrogen-bond donors (Lipinski definition) is 1. The van der Waals surface area contributed by atoms with Gasteiger partial charge in [0, 0.05) is 32.7 Å². The summed E-state index contributed by atoms with van der Waals surface area (Å²) in [5.41, 5.74) is 3.59. The first-order chi connectivity index (χ1) is 15.5. The van der Waals surface area contributed by atoms with Crippen LogP contribution in [0.5, 0.6) is 0 Å². The fourth-order valence-electron chi connectivity index (χ4n) is 4.73. The Morgan fingerprint density at radius 2 is 1.97 bits per heavy atom. The molecule has 0 radical (unpaired) electrons. The Labute approximate surface area is 187 Å². The minimum atomic E-state index is -0.408. The van der Waals surface area contributed by atoms with Gasteiger partial charge in [-0.05, 0) is 44.4 Å². The van der Waals surface area contributed by atoms with Gasteiger partial charge in [-0.3, -0.25) is 9.48 Å². The Kier molecular flexibility index (Phi) is 6.64. The summed E-state index contributed by atoms with van der Waals surface area (Å²) in [6.45, 7) is 8.60. The molecule has 1 fully saturated rings. The van der Waals surface area contributed by atoms with E-state index in [-0.39, 0.29) is 17.9 Å². The summed E-state index contributed by atoms with van der Waals surface area (Å²) >= 11 is 0. The second-order valence-electron chi connectivity index (χ2n) is 8.72. The molecule has 9 heteroatoms. The highest BCUT2D eigenvalue weighted by Gasteiger charge is 2.39. The van der Waals surface area contributed by atoms with Crippen molar-refractivity contribution in [1.82, 2.24) is 20.3 Å². The number of rotatable bonds is 7. The molecule has 9 nitrogen and oxygen atoms in total. The van der Waals surface area contributed by atoms with Gasteiger partial charge < -0.3 is 19.3 Å². The van der Waals surface area contributed by atoms with Crippen molar-refractivity contribution in [3.05, 3.63) is 34.0 Å². The molecule has 1 saturated heterocycles. The van der Waals surface area contributed by atoms with E-state index in [9.17, 15) is 9.59 Å². The molecule has 1 N–H and O–H groups in total. The quantitative estimate of drug-likeness (QED) is 0.516. The lowest BCUT2D eigenvalue weighted by molar-refractivity contribution is 0.0152. The molecule has 2 aliphatic rings. The van der Waals surface area contributed by atoms with E-state index in [4.69, 9.17) is 19.1 Å². The summed E-state index contributed by atoms with van der Waals surface area (Å²) in [4.78, 5) is 25.4. The van der Waals surface area contributed by atoms with Crippen LogP contribution >= 0.6 is 0 Å². The highest BCUT2D eigenvalue weighted by Crippen LogP contribution is 2.37. The molecule has 4 heterocycles. The Balaban J connectivity index is 1.46. The van der Waals surface area contributed by atoms with E-state index in [2.05, 4.69) is 10.5 Å². The molecule has 0 bridgehead atoms. The van der Waals surface area contributed by atoms with Crippen molar-refractivity contribution in [2.45, 2.75) is 65.8 Å². The number of amides is 1. The summed E-state index contributed by atoms with van der Waals surface area (Å²) in [6.07, 6.45) is 4.56. The zero-order valence-electron chi connectivity index (χ0n) is 19.2. The lowest BCUT2D eigenvalue weighted by Gasteiger charge is -2.36. The smallest absolute Gasteiger partial charge is 0.343 e. The Bertz CT molecular complexity index is 987. The number of carbonyl (C=O) groups excluding carboxylic acids is 2. The molecule has 0 saturated carbocycles. The van der Waals surface area contributed by atoms with E-state index >= 15 is 0 Å². The first-order valence-corrected chi connectivity index (χ1v) is 11.5. The van der Waals surface area contributed by atoms with Gasteiger partial charge in [-0.25, -0.2) is 4.79 Å². The van der Waals surface area contributed by atoms with Crippen LogP contribution in [-0.4, -0.2) is 53.2 Å². The first-order valence-electron chi connectivity index (χ1n) is 11.5. The lowest BCUT2D eigenvalue weighted by Crippen LogP contribution is -2.40. The average Bonchev–Trinajstić information content (AvgIpc) is 3.31. The van der Waals surface area contributed by atoms with Crippen LogP contribution in [0.1, 0.15) is 76.7 Å². The second kappa shape index (κ2) is 9.44. The normalized spacial score (nSPS) is 17.7.